The number of rotatable bonds is 2. The largest absolute Gasteiger partial charge is 0.454 e. The summed E-state index contributed by atoms with van der Waals surface area (Å²) in [7, 11) is 0. The van der Waals surface area contributed by atoms with Crippen LogP contribution in [0.4, 0.5) is 5.69 Å². The van der Waals surface area contributed by atoms with Crippen LogP contribution in [0.1, 0.15) is 16.3 Å². The van der Waals surface area contributed by atoms with Gasteiger partial charge in [0.25, 0.3) is 5.91 Å². The third-order valence-corrected chi connectivity index (χ3v) is 2.63. The van der Waals surface area contributed by atoms with Crippen molar-refractivity contribution in [3.8, 4) is 11.5 Å². The lowest BCUT2D eigenvalue weighted by atomic mass is 10.2. The minimum Gasteiger partial charge on any atom is -0.454 e. The first-order valence-electron chi connectivity index (χ1n) is 5.73. The highest BCUT2D eigenvalue weighted by molar-refractivity contribution is 6.01. The van der Waals surface area contributed by atoms with Gasteiger partial charge in [-0.2, -0.15) is 0 Å². The van der Waals surface area contributed by atoms with Crippen LogP contribution in [0.5, 0.6) is 11.5 Å². The Bertz CT molecular complexity index is 643. The summed E-state index contributed by atoms with van der Waals surface area (Å²) in [5.41, 5.74) is 1.35. The summed E-state index contributed by atoms with van der Waals surface area (Å²) < 4.78 is 10.4. The molecular formula is C13H11N3O3. The second-order valence-corrected chi connectivity index (χ2v) is 4.04. The summed E-state index contributed by atoms with van der Waals surface area (Å²) in [6.07, 6.45) is 1.55. The van der Waals surface area contributed by atoms with E-state index in [1.807, 2.05) is 0 Å². The number of aryl methyl sites for hydroxylation is 1. The molecule has 2 aromatic rings. The average Bonchev–Trinajstić information content (AvgIpc) is 2.86. The van der Waals surface area contributed by atoms with E-state index in [1.165, 1.54) is 0 Å². The van der Waals surface area contributed by atoms with E-state index in [4.69, 9.17) is 9.47 Å². The van der Waals surface area contributed by atoms with Crippen molar-refractivity contribution < 1.29 is 14.3 Å². The fourth-order valence-electron chi connectivity index (χ4n) is 1.72. The number of anilines is 1. The number of carbonyl (C=O) groups is 1. The average molecular weight is 257 g/mol. The Morgan fingerprint density at radius 1 is 1.26 bits per heavy atom. The molecule has 6 heteroatoms. The van der Waals surface area contributed by atoms with Crippen LogP contribution >= 0.6 is 0 Å². The summed E-state index contributed by atoms with van der Waals surface area (Å²) in [5.74, 6) is 1.06. The van der Waals surface area contributed by atoms with Crippen LogP contribution in [0.3, 0.4) is 0 Å². The smallest absolute Gasteiger partial charge is 0.293 e. The number of hydrogen-bond acceptors (Lipinski definition) is 5. The number of benzene rings is 1. The maximum atomic E-state index is 12.0. The van der Waals surface area contributed by atoms with Crippen LogP contribution in [-0.2, 0) is 0 Å². The number of amides is 1. The Balaban J connectivity index is 1.80. The molecule has 0 unspecified atom stereocenters. The zero-order chi connectivity index (χ0) is 13.2. The normalized spacial score (nSPS) is 12.3. The summed E-state index contributed by atoms with van der Waals surface area (Å²) in [5, 5.41) is 2.72. The first kappa shape index (κ1) is 11.5. The second kappa shape index (κ2) is 4.56. The molecule has 0 bridgehead atoms. The van der Waals surface area contributed by atoms with Gasteiger partial charge in [-0.05, 0) is 25.1 Å². The Morgan fingerprint density at radius 2 is 2.11 bits per heavy atom. The van der Waals surface area contributed by atoms with Gasteiger partial charge in [-0.3, -0.25) is 4.79 Å². The monoisotopic (exact) mass is 257 g/mol. The lowest BCUT2D eigenvalue weighted by Gasteiger charge is -2.05. The van der Waals surface area contributed by atoms with Crippen molar-refractivity contribution in [3.63, 3.8) is 0 Å². The number of carbonyl (C=O) groups excluding carboxylic acids is 1. The molecule has 19 heavy (non-hydrogen) atoms. The van der Waals surface area contributed by atoms with Crippen LogP contribution in [0, 0.1) is 6.92 Å². The molecule has 0 fully saturated rings. The second-order valence-electron chi connectivity index (χ2n) is 4.04. The van der Waals surface area contributed by atoms with E-state index in [9.17, 15) is 4.79 Å². The molecule has 0 aliphatic carbocycles. The molecule has 0 radical (unpaired) electrons. The van der Waals surface area contributed by atoms with E-state index in [0.29, 0.717) is 17.2 Å². The van der Waals surface area contributed by atoms with E-state index in [1.54, 1.807) is 37.4 Å². The Morgan fingerprint density at radius 3 is 2.95 bits per heavy atom. The van der Waals surface area contributed by atoms with Gasteiger partial charge in [0.15, 0.2) is 11.5 Å². The molecule has 1 aliphatic rings. The number of hydrogen-bond donors (Lipinski definition) is 1. The van der Waals surface area contributed by atoms with E-state index < -0.39 is 0 Å². The molecule has 3 rings (SSSR count). The van der Waals surface area contributed by atoms with Crippen LogP contribution < -0.4 is 14.8 Å². The van der Waals surface area contributed by atoms with Gasteiger partial charge in [-0.25, -0.2) is 9.97 Å². The van der Waals surface area contributed by atoms with Gasteiger partial charge in [0, 0.05) is 23.6 Å². The Hall–Kier alpha value is -2.63. The Labute approximate surface area is 109 Å². The number of aromatic nitrogens is 2. The van der Waals surface area contributed by atoms with Gasteiger partial charge < -0.3 is 14.8 Å². The van der Waals surface area contributed by atoms with Crippen molar-refractivity contribution >= 4 is 11.6 Å². The van der Waals surface area contributed by atoms with Gasteiger partial charge in [-0.15, -0.1) is 0 Å². The summed E-state index contributed by atoms with van der Waals surface area (Å²) in [6.45, 7) is 2.01. The first-order valence-corrected chi connectivity index (χ1v) is 5.73. The minimum absolute atomic E-state index is 0.137. The zero-order valence-electron chi connectivity index (χ0n) is 10.2. The van der Waals surface area contributed by atoms with Crippen LogP contribution in [0.25, 0.3) is 0 Å². The van der Waals surface area contributed by atoms with Crippen molar-refractivity contribution in [3.05, 3.63) is 42.0 Å². The molecule has 2 heterocycles. The molecule has 1 aromatic carbocycles. The highest BCUT2D eigenvalue weighted by Gasteiger charge is 2.15. The van der Waals surface area contributed by atoms with Gasteiger partial charge in [0.2, 0.25) is 12.6 Å². The lowest BCUT2D eigenvalue weighted by Crippen LogP contribution is -2.15. The van der Waals surface area contributed by atoms with E-state index in [2.05, 4.69) is 15.3 Å². The fourth-order valence-corrected chi connectivity index (χ4v) is 1.72. The SMILES string of the molecule is Cc1ccnc(C(=O)Nc2ccc3c(c2)OCO3)n1. The zero-order valence-corrected chi connectivity index (χ0v) is 10.2. The van der Waals surface area contributed by atoms with Crippen molar-refractivity contribution in [1.29, 1.82) is 0 Å². The number of ether oxygens (including phenoxy) is 2. The van der Waals surface area contributed by atoms with Gasteiger partial charge in [0.1, 0.15) is 0 Å². The molecule has 1 N–H and O–H groups in total. The molecule has 0 spiro atoms. The Kier molecular flexibility index (Phi) is 2.75. The van der Waals surface area contributed by atoms with Gasteiger partial charge in [-0.1, -0.05) is 0 Å². The van der Waals surface area contributed by atoms with Crippen molar-refractivity contribution in [2.45, 2.75) is 6.92 Å². The summed E-state index contributed by atoms with van der Waals surface area (Å²) >= 11 is 0. The van der Waals surface area contributed by atoms with Gasteiger partial charge in [0.05, 0.1) is 0 Å². The molecule has 1 amide bonds. The van der Waals surface area contributed by atoms with Crippen LogP contribution in [0.2, 0.25) is 0 Å². The minimum atomic E-state index is -0.359. The molecule has 96 valence electrons. The number of nitrogens with zero attached hydrogens (tertiary/aromatic N) is 2. The van der Waals surface area contributed by atoms with Crippen molar-refractivity contribution in [2.24, 2.45) is 0 Å². The quantitative estimate of drug-likeness (QED) is 0.887. The van der Waals surface area contributed by atoms with E-state index in [-0.39, 0.29) is 18.5 Å². The van der Waals surface area contributed by atoms with E-state index >= 15 is 0 Å². The highest BCUT2D eigenvalue weighted by atomic mass is 16.7. The lowest BCUT2D eigenvalue weighted by molar-refractivity contribution is 0.101. The molecular weight excluding hydrogens is 246 g/mol. The molecule has 0 saturated carbocycles. The summed E-state index contributed by atoms with van der Waals surface area (Å²) in [4.78, 5) is 20.0. The third-order valence-electron chi connectivity index (χ3n) is 2.63. The first-order chi connectivity index (χ1) is 9.22. The standard InChI is InChI=1S/C13H11N3O3/c1-8-4-5-14-12(15-8)13(17)16-9-2-3-10-11(6-9)19-7-18-10/h2-6H,7H2,1H3,(H,16,17). The molecule has 1 aromatic heterocycles. The maximum absolute atomic E-state index is 12.0. The molecule has 0 atom stereocenters. The highest BCUT2D eigenvalue weighted by Crippen LogP contribution is 2.34. The predicted octanol–water partition coefficient (Wildman–Crippen LogP) is 1.77. The van der Waals surface area contributed by atoms with Crippen LogP contribution in [0.15, 0.2) is 30.5 Å². The number of fused-ring (bicyclic) bond motifs is 1. The van der Waals surface area contributed by atoms with Crippen LogP contribution in [-0.4, -0.2) is 22.7 Å². The molecule has 6 nitrogen and oxygen atoms in total. The third kappa shape index (κ3) is 2.33. The van der Waals surface area contributed by atoms with Crippen molar-refractivity contribution in [1.82, 2.24) is 9.97 Å². The maximum Gasteiger partial charge on any atom is 0.293 e. The topological polar surface area (TPSA) is 73.3 Å². The molecule has 0 saturated heterocycles. The molecule has 1 aliphatic heterocycles. The van der Waals surface area contributed by atoms with Gasteiger partial charge >= 0.3 is 0 Å². The predicted molar refractivity (Wildman–Crippen MR) is 67.3 cm³/mol. The van der Waals surface area contributed by atoms with E-state index in [0.717, 1.165) is 5.69 Å². The summed E-state index contributed by atoms with van der Waals surface area (Å²) in [6, 6.07) is 6.92. The van der Waals surface area contributed by atoms with Crippen molar-refractivity contribution in [2.75, 3.05) is 12.1 Å². The number of nitrogens with one attached hydrogen (secondary N) is 1. The fraction of sp³-hybridized carbons (Fsp3) is 0.154.